The van der Waals surface area contributed by atoms with Crippen molar-refractivity contribution < 1.29 is 21.6 Å². The third-order valence-electron chi connectivity index (χ3n) is 2.52. The summed E-state index contributed by atoms with van der Waals surface area (Å²) in [6.07, 6.45) is 0. The molecule has 0 unspecified atom stereocenters. The molecule has 2 aromatic rings. The number of nitrogens with one attached hydrogen (secondary N) is 1. The number of sulfonamides is 1. The molecule has 0 saturated carbocycles. The first-order valence-corrected chi connectivity index (χ1v) is 7.71. The Kier molecular flexibility index (Phi) is 4.15. The molecular formula is C12H8BrF3N2O2S. The molecule has 4 nitrogen and oxygen atoms in total. The average Bonchev–Trinajstić information content (AvgIpc) is 2.35. The standard InChI is InChI=1S/C12H8BrF3N2O2S/c13-6-1-2-12(10(17)3-6)21(19,20)18-11-5-8(15)7(14)4-9(11)16/h1-5,18H,17H2. The van der Waals surface area contributed by atoms with E-state index in [1.807, 2.05) is 4.72 Å². The van der Waals surface area contributed by atoms with Crippen molar-refractivity contribution in [3.63, 3.8) is 0 Å². The number of hydrogen-bond acceptors (Lipinski definition) is 3. The van der Waals surface area contributed by atoms with Gasteiger partial charge in [0.1, 0.15) is 10.7 Å². The smallest absolute Gasteiger partial charge is 0.264 e. The van der Waals surface area contributed by atoms with E-state index in [0.29, 0.717) is 10.5 Å². The summed E-state index contributed by atoms with van der Waals surface area (Å²) in [6, 6.07) is 4.62. The largest absolute Gasteiger partial charge is 0.398 e. The van der Waals surface area contributed by atoms with Crippen molar-refractivity contribution >= 4 is 37.3 Å². The number of halogens is 4. The first-order valence-electron chi connectivity index (χ1n) is 5.43. The van der Waals surface area contributed by atoms with E-state index < -0.39 is 33.2 Å². The Morgan fingerprint density at radius 2 is 1.62 bits per heavy atom. The van der Waals surface area contributed by atoms with E-state index in [2.05, 4.69) is 15.9 Å². The van der Waals surface area contributed by atoms with E-state index >= 15 is 0 Å². The highest BCUT2D eigenvalue weighted by Gasteiger charge is 2.20. The Labute approximate surface area is 127 Å². The Balaban J connectivity index is 2.45. The van der Waals surface area contributed by atoms with Gasteiger partial charge < -0.3 is 5.73 Å². The molecular weight excluding hydrogens is 373 g/mol. The molecule has 0 saturated heterocycles. The molecule has 0 atom stereocenters. The SMILES string of the molecule is Nc1cc(Br)ccc1S(=O)(=O)Nc1cc(F)c(F)cc1F. The van der Waals surface area contributed by atoms with Crippen molar-refractivity contribution in [2.24, 2.45) is 0 Å². The van der Waals surface area contributed by atoms with Crippen LogP contribution in [0.3, 0.4) is 0 Å². The maximum atomic E-state index is 13.5. The lowest BCUT2D eigenvalue weighted by molar-refractivity contribution is 0.496. The van der Waals surface area contributed by atoms with E-state index in [4.69, 9.17) is 5.73 Å². The molecule has 2 rings (SSSR count). The third-order valence-corrected chi connectivity index (χ3v) is 4.45. The second kappa shape index (κ2) is 5.57. The fraction of sp³-hybridized carbons (Fsp3) is 0. The second-order valence-electron chi connectivity index (χ2n) is 4.03. The first-order chi connectivity index (χ1) is 9.70. The van der Waals surface area contributed by atoms with E-state index in [1.54, 1.807) is 0 Å². The predicted octanol–water partition coefficient (Wildman–Crippen LogP) is 3.25. The number of anilines is 2. The highest BCUT2D eigenvalue weighted by atomic mass is 79.9. The van der Waals surface area contributed by atoms with Gasteiger partial charge in [0, 0.05) is 16.6 Å². The highest BCUT2D eigenvalue weighted by Crippen LogP contribution is 2.26. The topological polar surface area (TPSA) is 72.2 Å². The van der Waals surface area contributed by atoms with Gasteiger partial charge >= 0.3 is 0 Å². The zero-order valence-corrected chi connectivity index (χ0v) is 12.6. The van der Waals surface area contributed by atoms with Crippen molar-refractivity contribution in [3.8, 4) is 0 Å². The monoisotopic (exact) mass is 380 g/mol. The number of hydrogen-bond donors (Lipinski definition) is 2. The van der Waals surface area contributed by atoms with Gasteiger partial charge in [-0.1, -0.05) is 15.9 Å². The Bertz CT molecular complexity index is 812. The Hall–Kier alpha value is -1.74. The van der Waals surface area contributed by atoms with E-state index in [-0.39, 0.29) is 16.6 Å². The van der Waals surface area contributed by atoms with Gasteiger partial charge in [-0.05, 0) is 18.2 Å². The van der Waals surface area contributed by atoms with Gasteiger partial charge in [-0.2, -0.15) is 0 Å². The normalized spacial score (nSPS) is 11.4. The zero-order chi connectivity index (χ0) is 15.8. The van der Waals surface area contributed by atoms with Gasteiger partial charge in [-0.15, -0.1) is 0 Å². The van der Waals surface area contributed by atoms with Gasteiger partial charge in [-0.25, -0.2) is 21.6 Å². The van der Waals surface area contributed by atoms with Crippen LogP contribution >= 0.6 is 15.9 Å². The third kappa shape index (κ3) is 3.30. The molecule has 0 spiro atoms. The van der Waals surface area contributed by atoms with Gasteiger partial charge in [0.25, 0.3) is 10.0 Å². The van der Waals surface area contributed by atoms with Gasteiger partial charge in [0.2, 0.25) is 0 Å². The molecule has 0 radical (unpaired) electrons. The van der Waals surface area contributed by atoms with Gasteiger partial charge in [0.05, 0.1) is 11.4 Å². The molecule has 9 heteroatoms. The molecule has 21 heavy (non-hydrogen) atoms. The number of nitrogen functional groups attached to an aromatic ring is 1. The Morgan fingerprint density at radius 1 is 1.00 bits per heavy atom. The number of nitrogens with two attached hydrogens (primary N) is 1. The Morgan fingerprint density at radius 3 is 2.24 bits per heavy atom. The fourth-order valence-electron chi connectivity index (χ4n) is 1.56. The van der Waals surface area contributed by atoms with Crippen LogP contribution in [0.4, 0.5) is 24.5 Å². The molecule has 0 aliphatic carbocycles. The lowest BCUT2D eigenvalue weighted by Gasteiger charge is -2.11. The number of benzene rings is 2. The summed E-state index contributed by atoms with van der Waals surface area (Å²) in [7, 11) is -4.24. The molecule has 0 amide bonds. The van der Waals surface area contributed by atoms with Gasteiger partial charge in [0.15, 0.2) is 11.6 Å². The summed E-state index contributed by atoms with van der Waals surface area (Å²) in [5.74, 6) is -4.04. The van der Waals surface area contributed by atoms with Crippen LogP contribution in [0, 0.1) is 17.5 Å². The minimum absolute atomic E-state index is 0.0835. The van der Waals surface area contributed by atoms with Crippen molar-refractivity contribution in [2.75, 3.05) is 10.5 Å². The van der Waals surface area contributed by atoms with Crippen molar-refractivity contribution in [1.82, 2.24) is 0 Å². The quantitative estimate of drug-likeness (QED) is 0.634. The van der Waals surface area contributed by atoms with Crippen LogP contribution in [0.25, 0.3) is 0 Å². The molecule has 0 aromatic heterocycles. The summed E-state index contributed by atoms with van der Waals surface area (Å²) in [5.41, 5.74) is 4.78. The molecule has 2 aromatic carbocycles. The molecule has 0 heterocycles. The molecule has 0 fully saturated rings. The van der Waals surface area contributed by atoms with Crippen LogP contribution in [0.15, 0.2) is 39.7 Å². The predicted molar refractivity (Wildman–Crippen MR) is 75.7 cm³/mol. The lowest BCUT2D eigenvalue weighted by atomic mass is 10.3. The maximum Gasteiger partial charge on any atom is 0.264 e. The second-order valence-corrected chi connectivity index (χ2v) is 6.60. The molecule has 0 bridgehead atoms. The maximum absolute atomic E-state index is 13.5. The van der Waals surface area contributed by atoms with E-state index in [1.165, 1.54) is 18.2 Å². The molecule has 0 aliphatic heterocycles. The van der Waals surface area contributed by atoms with Crippen LogP contribution in [-0.4, -0.2) is 8.42 Å². The lowest BCUT2D eigenvalue weighted by Crippen LogP contribution is -2.16. The van der Waals surface area contributed by atoms with Crippen molar-refractivity contribution in [2.45, 2.75) is 4.90 Å². The fourth-order valence-corrected chi connectivity index (χ4v) is 3.12. The molecule has 0 aliphatic rings. The summed E-state index contributed by atoms with van der Waals surface area (Å²) in [6.45, 7) is 0. The van der Waals surface area contributed by atoms with E-state index in [9.17, 15) is 21.6 Å². The molecule has 3 N–H and O–H groups in total. The van der Waals surface area contributed by atoms with Crippen LogP contribution in [-0.2, 0) is 10.0 Å². The van der Waals surface area contributed by atoms with Crippen LogP contribution in [0.5, 0.6) is 0 Å². The first kappa shape index (κ1) is 15.6. The zero-order valence-electron chi connectivity index (χ0n) is 10.2. The van der Waals surface area contributed by atoms with Gasteiger partial charge in [-0.3, -0.25) is 4.72 Å². The van der Waals surface area contributed by atoms with Crippen molar-refractivity contribution in [3.05, 3.63) is 52.3 Å². The molecule has 112 valence electrons. The van der Waals surface area contributed by atoms with Crippen LogP contribution < -0.4 is 10.5 Å². The summed E-state index contributed by atoms with van der Waals surface area (Å²) >= 11 is 3.11. The summed E-state index contributed by atoms with van der Waals surface area (Å²) in [5, 5.41) is 0. The minimum atomic E-state index is -4.24. The minimum Gasteiger partial charge on any atom is -0.398 e. The van der Waals surface area contributed by atoms with Crippen LogP contribution in [0.2, 0.25) is 0 Å². The highest BCUT2D eigenvalue weighted by molar-refractivity contribution is 9.10. The summed E-state index contributed by atoms with van der Waals surface area (Å²) in [4.78, 5) is -0.310. The number of rotatable bonds is 3. The van der Waals surface area contributed by atoms with Crippen molar-refractivity contribution in [1.29, 1.82) is 0 Å². The van der Waals surface area contributed by atoms with Crippen LogP contribution in [0.1, 0.15) is 0 Å². The average molecular weight is 381 g/mol. The summed E-state index contributed by atoms with van der Waals surface area (Å²) < 4.78 is 65.9. The van der Waals surface area contributed by atoms with E-state index in [0.717, 1.165) is 0 Å².